The lowest BCUT2D eigenvalue weighted by atomic mass is 9.94. The van der Waals surface area contributed by atoms with Crippen LogP contribution >= 0.6 is 11.8 Å². The summed E-state index contributed by atoms with van der Waals surface area (Å²) < 4.78 is 0. The number of nitrogens with one attached hydrogen (secondary N) is 1. The summed E-state index contributed by atoms with van der Waals surface area (Å²) in [4.78, 5) is 12.0. The summed E-state index contributed by atoms with van der Waals surface area (Å²) in [6, 6.07) is 4.58. The van der Waals surface area contributed by atoms with E-state index < -0.39 is 0 Å². The zero-order chi connectivity index (χ0) is 13.8. The van der Waals surface area contributed by atoms with Gasteiger partial charge in [0.2, 0.25) is 0 Å². The van der Waals surface area contributed by atoms with Crippen molar-refractivity contribution in [2.75, 3.05) is 6.26 Å². The van der Waals surface area contributed by atoms with Gasteiger partial charge in [-0.05, 0) is 44.1 Å². The summed E-state index contributed by atoms with van der Waals surface area (Å²) >= 11 is 1.88. The maximum atomic E-state index is 12.0. The smallest absolute Gasteiger partial charge is 0.255 e. The van der Waals surface area contributed by atoms with E-state index in [9.17, 15) is 15.0 Å². The molecule has 1 aliphatic rings. The maximum Gasteiger partial charge on any atom is 0.255 e. The topological polar surface area (TPSA) is 69.6 Å². The van der Waals surface area contributed by atoms with Crippen LogP contribution in [0.5, 0.6) is 11.5 Å². The van der Waals surface area contributed by atoms with E-state index in [1.807, 2.05) is 11.8 Å². The van der Waals surface area contributed by atoms with Gasteiger partial charge in [-0.3, -0.25) is 4.79 Å². The van der Waals surface area contributed by atoms with E-state index in [0.717, 1.165) is 25.7 Å². The van der Waals surface area contributed by atoms with Gasteiger partial charge in [0.1, 0.15) is 0 Å². The van der Waals surface area contributed by atoms with Crippen LogP contribution in [0.15, 0.2) is 18.2 Å². The molecule has 104 valence electrons. The third-order valence-electron chi connectivity index (χ3n) is 3.60. The Kier molecular flexibility index (Phi) is 4.58. The molecule has 0 bridgehead atoms. The molecule has 1 aliphatic carbocycles. The molecular weight excluding hydrogens is 262 g/mol. The molecule has 0 atom stereocenters. The van der Waals surface area contributed by atoms with Crippen molar-refractivity contribution >= 4 is 17.7 Å². The van der Waals surface area contributed by atoms with Gasteiger partial charge < -0.3 is 15.5 Å². The summed E-state index contributed by atoms with van der Waals surface area (Å²) in [6.07, 6.45) is 6.28. The number of carbonyl (C=O) groups excluding carboxylic acids is 1. The van der Waals surface area contributed by atoms with Gasteiger partial charge in [-0.2, -0.15) is 11.8 Å². The second-order valence-corrected chi connectivity index (χ2v) is 5.99. The number of aromatic hydroxyl groups is 2. The molecular formula is C14H19NO3S. The zero-order valence-electron chi connectivity index (χ0n) is 10.9. The van der Waals surface area contributed by atoms with Crippen molar-refractivity contribution in [3.8, 4) is 11.5 Å². The lowest BCUT2D eigenvalue weighted by molar-refractivity contribution is 0.0925. The average molecular weight is 281 g/mol. The quantitative estimate of drug-likeness (QED) is 0.745. The molecule has 0 unspecified atom stereocenters. The van der Waals surface area contributed by atoms with Crippen LogP contribution in [0.1, 0.15) is 36.0 Å². The van der Waals surface area contributed by atoms with E-state index in [-0.39, 0.29) is 29.0 Å². The highest BCUT2D eigenvalue weighted by Gasteiger charge is 2.23. The number of para-hydroxylation sites is 1. The second-order valence-electron chi connectivity index (χ2n) is 4.86. The van der Waals surface area contributed by atoms with Crippen molar-refractivity contribution in [2.24, 2.45) is 0 Å². The van der Waals surface area contributed by atoms with Gasteiger partial charge in [0, 0.05) is 11.3 Å². The molecule has 1 aromatic rings. The number of thioether (sulfide) groups is 1. The van der Waals surface area contributed by atoms with Crippen molar-refractivity contribution in [3.63, 3.8) is 0 Å². The first-order valence-corrected chi connectivity index (χ1v) is 7.75. The number of amides is 1. The predicted octanol–water partition coefficient (Wildman–Crippen LogP) is 2.50. The number of hydrogen-bond donors (Lipinski definition) is 3. The van der Waals surface area contributed by atoms with Crippen LogP contribution in [0.25, 0.3) is 0 Å². The fourth-order valence-electron chi connectivity index (χ4n) is 2.42. The minimum atomic E-state index is -0.349. The molecule has 1 saturated carbocycles. The molecule has 1 fully saturated rings. The van der Waals surface area contributed by atoms with Crippen LogP contribution < -0.4 is 5.32 Å². The Hall–Kier alpha value is -1.36. The number of hydrogen-bond acceptors (Lipinski definition) is 4. The van der Waals surface area contributed by atoms with Gasteiger partial charge in [-0.1, -0.05) is 6.07 Å². The standard InChI is InChI=1S/C14H19NO3S/c1-19-10-7-5-9(6-8-10)15-14(18)11-3-2-4-12(16)13(11)17/h2-4,9-10,16-17H,5-8H2,1H3,(H,15,18). The zero-order valence-corrected chi connectivity index (χ0v) is 11.7. The molecule has 4 nitrogen and oxygen atoms in total. The first-order valence-electron chi connectivity index (χ1n) is 6.46. The second kappa shape index (κ2) is 6.19. The summed E-state index contributed by atoms with van der Waals surface area (Å²) in [7, 11) is 0. The van der Waals surface area contributed by atoms with Crippen LogP contribution in [0.3, 0.4) is 0 Å². The van der Waals surface area contributed by atoms with Crippen LogP contribution in [0.2, 0.25) is 0 Å². The Labute approximate surface area is 117 Å². The minimum absolute atomic E-state index is 0.131. The van der Waals surface area contributed by atoms with E-state index in [0.29, 0.717) is 5.25 Å². The summed E-state index contributed by atoms with van der Waals surface area (Å²) in [5, 5.41) is 22.7. The Balaban J connectivity index is 1.96. The molecule has 3 N–H and O–H groups in total. The Morgan fingerprint density at radius 1 is 1.26 bits per heavy atom. The lowest BCUT2D eigenvalue weighted by Crippen LogP contribution is -2.38. The first kappa shape index (κ1) is 14.1. The van der Waals surface area contributed by atoms with Gasteiger partial charge >= 0.3 is 0 Å². The highest BCUT2D eigenvalue weighted by Crippen LogP contribution is 2.30. The molecule has 0 aliphatic heterocycles. The molecule has 0 radical (unpaired) electrons. The van der Waals surface area contributed by atoms with Gasteiger partial charge in [0.25, 0.3) is 5.91 Å². The number of benzene rings is 1. The molecule has 1 aromatic carbocycles. The van der Waals surface area contributed by atoms with Crippen molar-refractivity contribution in [1.82, 2.24) is 5.32 Å². The fraction of sp³-hybridized carbons (Fsp3) is 0.500. The molecule has 0 aromatic heterocycles. The SMILES string of the molecule is CSC1CCC(NC(=O)c2cccc(O)c2O)CC1. The third-order valence-corrected chi connectivity index (χ3v) is 4.74. The van der Waals surface area contributed by atoms with Gasteiger partial charge in [-0.25, -0.2) is 0 Å². The summed E-state index contributed by atoms with van der Waals surface area (Å²) in [5.74, 6) is -0.933. The monoisotopic (exact) mass is 281 g/mol. The Bertz CT molecular complexity index is 456. The average Bonchev–Trinajstić information content (AvgIpc) is 2.42. The van der Waals surface area contributed by atoms with E-state index in [4.69, 9.17) is 0 Å². The number of phenolic OH excluding ortho intramolecular Hbond substituents is 2. The molecule has 19 heavy (non-hydrogen) atoms. The van der Waals surface area contributed by atoms with Gasteiger partial charge in [0.05, 0.1) is 5.56 Å². The Morgan fingerprint density at radius 3 is 2.58 bits per heavy atom. The van der Waals surface area contributed by atoms with Gasteiger partial charge in [0.15, 0.2) is 11.5 Å². The van der Waals surface area contributed by atoms with E-state index in [1.54, 1.807) is 6.07 Å². The van der Waals surface area contributed by atoms with E-state index >= 15 is 0 Å². The van der Waals surface area contributed by atoms with E-state index in [1.165, 1.54) is 12.1 Å². The number of carbonyl (C=O) groups is 1. The summed E-state index contributed by atoms with van der Waals surface area (Å²) in [5.41, 5.74) is 0.131. The normalized spacial score (nSPS) is 23.0. The van der Waals surface area contributed by atoms with Crippen molar-refractivity contribution in [3.05, 3.63) is 23.8 Å². The van der Waals surface area contributed by atoms with Crippen molar-refractivity contribution in [2.45, 2.75) is 37.0 Å². The Morgan fingerprint density at radius 2 is 1.95 bits per heavy atom. The van der Waals surface area contributed by atoms with Crippen LogP contribution in [0, 0.1) is 0 Å². The third kappa shape index (κ3) is 3.35. The van der Waals surface area contributed by atoms with E-state index in [2.05, 4.69) is 11.6 Å². The molecule has 2 rings (SSSR count). The van der Waals surface area contributed by atoms with Crippen LogP contribution in [-0.4, -0.2) is 33.7 Å². The predicted molar refractivity (Wildman–Crippen MR) is 76.8 cm³/mol. The molecule has 1 amide bonds. The lowest BCUT2D eigenvalue weighted by Gasteiger charge is -2.28. The molecule has 0 spiro atoms. The highest BCUT2D eigenvalue weighted by molar-refractivity contribution is 7.99. The highest BCUT2D eigenvalue weighted by atomic mass is 32.2. The first-order chi connectivity index (χ1) is 9.11. The molecule has 0 saturated heterocycles. The largest absolute Gasteiger partial charge is 0.504 e. The fourth-order valence-corrected chi connectivity index (χ4v) is 3.16. The maximum absolute atomic E-state index is 12.0. The minimum Gasteiger partial charge on any atom is -0.504 e. The van der Waals surface area contributed by atoms with Gasteiger partial charge in [-0.15, -0.1) is 0 Å². The van der Waals surface area contributed by atoms with Crippen molar-refractivity contribution < 1.29 is 15.0 Å². The number of rotatable bonds is 3. The number of phenols is 2. The van der Waals surface area contributed by atoms with Crippen LogP contribution in [-0.2, 0) is 0 Å². The summed E-state index contributed by atoms with van der Waals surface area (Å²) in [6.45, 7) is 0. The van der Waals surface area contributed by atoms with Crippen molar-refractivity contribution in [1.29, 1.82) is 0 Å². The molecule has 5 heteroatoms. The molecule has 0 heterocycles. The van der Waals surface area contributed by atoms with Crippen LogP contribution in [0.4, 0.5) is 0 Å².